The monoisotopic (exact) mass is 513 g/mol. The van der Waals surface area contributed by atoms with E-state index in [1.165, 1.54) is 37.8 Å². The number of carbonyl (C=O) groups is 1. The van der Waals surface area contributed by atoms with Gasteiger partial charge in [-0.1, -0.05) is 24.3 Å². The van der Waals surface area contributed by atoms with Gasteiger partial charge in [0.25, 0.3) is 0 Å². The van der Waals surface area contributed by atoms with Crippen LogP contribution in [0.15, 0.2) is 49.1 Å². The second-order valence-electron chi connectivity index (χ2n) is 7.15. The molecular formula is C20H13F6N7OS. The highest BCUT2D eigenvalue weighted by Crippen LogP contribution is 2.40. The fourth-order valence-electron chi connectivity index (χ4n) is 3.13. The Morgan fingerprint density at radius 2 is 1.83 bits per heavy atom. The lowest BCUT2D eigenvalue weighted by molar-refractivity contribution is -0.143. The maximum atomic E-state index is 13.5. The van der Waals surface area contributed by atoms with Crippen LogP contribution in [0.3, 0.4) is 0 Å². The minimum absolute atomic E-state index is 0.0298. The molecule has 182 valence electrons. The molecule has 0 aliphatic heterocycles. The van der Waals surface area contributed by atoms with Crippen molar-refractivity contribution < 1.29 is 31.1 Å². The lowest BCUT2D eigenvalue weighted by Crippen LogP contribution is -2.23. The number of rotatable bonds is 5. The van der Waals surface area contributed by atoms with E-state index in [0.717, 1.165) is 22.2 Å². The molecule has 15 heteroatoms. The van der Waals surface area contributed by atoms with Crippen LogP contribution in [0, 0.1) is 0 Å². The Kier molecular flexibility index (Phi) is 6.27. The fraction of sp³-hybridized carbons (Fsp3) is 0.200. The molecule has 3 heterocycles. The van der Waals surface area contributed by atoms with Crippen LogP contribution in [0.2, 0.25) is 0 Å². The minimum atomic E-state index is -5.01. The van der Waals surface area contributed by atoms with E-state index in [1.807, 2.05) is 0 Å². The number of amides is 1. The molecule has 0 spiro atoms. The van der Waals surface area contributed by atoms with Crippen LogP contribution in [-0.2, 0) is 12.4 Å². The first-order valence-corrected chi connectivity index (χ1v) is 10.5. The van der Waals surface area contributed by atoms with Crippen molar-refractivity contribution in [3.05, 3.63) is 76.4 Å². The second kappa shape index (κ2) is 9.05. The van der Waals surface area contributed by atoms with E-state index in [9.17, 15) is 31.1 Å². The first kappa shape index (κ1) is 24.3. The Morgan fingerprint density at radius 1 is 1.06 bits per heavy atom. The van der Waals surface area contributed by atoms with E-state index in [2.05, 4.69) is 30.7 Å². The van der Waals surface area contributed by atoms with Gasteiger partial charge in [0, 0.05) is 24.5 Å². The van der Waals surface area contributed by atoms with Gasteiger partial charge in [-0.15, -0.1) is 10.2 Å². The number of alkyl halides is 6. The van der Waals surface area contributed by atoms with E-state index in [1.54, 1.807) is 0 Å². The molecule has 4 aromatic rings. The van der Waals surface area contributed by atoms with Crippen LogP contribution in [0.4, 0.5) is 26.3 Å². The molecule has 0 saturated heterocycles. The fourth-order valence-corrected chi connectivity index (χ4v) is 3.82. The van der Waals surface area contributed by atoms with Crippen LogP contribution in [0.1, 0.15) is 45.0 Å². The predicted molar refractivity (Wildman–Crippen MR) is 111 cm³/mol. The molecule has 0 fully saturated rings. The maximum absolute atomic E-state index is 13.5. The molecule has 0 saturated carbocycles. The molecule has 1 atom stereocenters. The van der Waals surface area contributed by atoms with Crippen molar-refractivity contribution in [1.29, 1.82) is 0 Å². The van der Waals surface area contributed by atoms with Gasteiger partial charge in [0.1, 0.15) is 5.69 Å². The van der Waals surface area contributed by atoms with Crippen LogP contribution < -0.4 is 5.43 Å². The van der Waals surface area contributed by atoms with Crippen LogP contribution in [0.25, 0.3) is 10.7 Å². The number of hydrogen-bond acceptors (Lipinski definition) is 7. The number of carbonyl (C=O) groups excluding carboxylic acids is 1. The van der Waals surface area contributed by atoms with Gasteiger partial charge in [0.05, 0.1) is 23.0 Å². The van der Waals surface area contributed by atoms with Gasteiger partial charge in [-0.05, 0) is 23.8 Å². The Hall–Kier alpha value is -3.88. The van der Waals surface area contributed by atoms with Crippen LogP contribution in [0.5, 0.6) is 0 Å². The molecule has 0 radical (unpaired) electrons. The Bertz CT molecular complexity index is 1350. The summed E-state index contributed by atoms with van der Waals surface area (Å²) in [6, 6.07) is 2.79. The summed E-state index contributed by atoms with van der Waals surface area (Å²) in [6.07, 6.45) is -4.29. The molecule has 0 aliphatic rings. The van der Waals surface area contributed by atoms with Crippen molar-refractivity contribution in [2.24, 2.45) is 0 Å². The average Bonchev–Trinajstić information content (AvgIpc) is 3.48. The third-order valence-corrected chi connectivity index (χ3v) is 5.77. The lowest BCUT2D eigenvalue weighted by atomic mass is 9.91. The number of aromatic nitrogens is 6. The van der Waals surface area contributed by atoms with E-state index < -0.39 is 35.3 Å². The van der Waals surface area contributed by atoms with Crippen molar-refractivity contribution in [1.82, 2.24) is 30.1 Å². The molecule has 8 nitrogen and oxygen atoms in total. The summed E-state index contributed by atoms with van der Waals surface area (Å²) < 4.78 is 79.3. The van der Waals surface area contributed by atoms with Crippen molar-refractivity contribution in [3.63, 3.8) is 0 Å². The molecule has 1 aromatic carbocycles. The topological polar surface area (TPSA) is 98.5 Å². The zero-order valence-corrected chi connectivity index (χ0v) is 18.3. The maximum Gasteiger partial charge on any atom is 0.416 e. The summed E-state index contributed by atoms with van der Waals surface area (Å²) in [6.45, 7) is 1.37. The predicted octanol–water partition coefficient (Wildman–Crippen LogP) is 4.76. The Labute approximate surface area is 196 Å². The highest BCUT2D eigenvalue weighted by atomic mass is 32.1. The third kappa shape index (κ3) is 5.29. The number of nitrogens with one attached hydrogen (secondary N) is 1. The van der Waals surface area contributed by atoms with E-state index >= 15 is 0 Å². The molecule has 0 unspecified atom stereocenters. The number of nitrogens with zero attached hydrogens (tertiary/aromatic N) is 6. The van der Waals surface area contributed by atoms with Crippen molar-refractivity contribution in [3.8, 4) is 10.7 Å². The first-order valence-electron chi connectivity index (χ1n) is 9.68. The number of benzene rings is 1. The summed E-state index contributed by atoms with van der Waals surface area (Å²) in [5.74, 6) is -1.72. The normalized spacial score (nSPS) is 13.0. The quantitative estimate of drug-likeness (QED) is 0.387. The summed E-state index contributed by atoms with van der Waals surface area (Å²) in [5.41, 5.74) is -0.313. The van der Waals surface area contributed by atoms with Crippen LogP contribution >= 0.6 is 11.3 Å². The summed E-state index contributed by atoms with van der Waals surface area (Å²) >= 11 is 0.936. The van der Waals surface area contributed by atoms with Gasteiger partial charge in [-0.3, -0.25) is 14.8 Å². The van der Waals surface area contributed by atoms with Gasteiger partial charge >= 0.3 is 18.3 Å². The highest BCUT2D eigenvalue weighted by Gasteiger charge is 2.39. The summed E-state index contributed by atoms with van der Waals surface area (Å²) in [4.78, 5) is 21.4. The SMILES string of the molecule is C[C@H](c1ccn(NC(=O)c2nnc(-c3cnccn3)s2)n1)c1ccc(C(F)(F)F)cc1C(F)(F)F. The van der Waals surface area contributed by atoms with Gasteiger partial charge in [-0.25, -0.2) is 5.43 Å². The zero-order valence-electron chi connectivity index (χ0n) is 17.5. The molecule has 4 rings (SSSR count). The molecule has 3 aromatic heterocycles. The van der Waals surface area contributed by atoms with Gasteiger partial charge < -0.3 is 0 Å². The first-order chi connectivity index (χ1) is 16.4. The van der Waals surface area contributed by atoms with Crippen LogP contribution in [-0.4, -0.2) is 36.0 Å². The minimum Gasteiger partial charge on any atom is -0.264 e. The highest BCUT2D eigenvalue weighted by molar-refractivity contribution is 7.16. The van der Waals surface area contributed by atoms with Crippen molar-refractivity contribution in [2.45, 2.75) is 25.2 Å². The molecule has 0 bridgehead atoms. The van der Waals surface area contributed by atoms with Crippen molar-refractivity contribution >= 4 is 17.2 Å². The standard InChI is InChI=1S/C20H13F6N7OS/c1-10(12-3-2-11(19(21,22)23)8-13(12)20(24,25)26)14-4-7-33(31-14)32-16(34)18-30-29-17(35-18)15-9-27-5-6-28-15/h2-10H,1H3,(H,32,34)/t10-/m0/s1. The number of hydrogen-bond donors (Lipinski definition) is 1. The van der Waals surface area contributed by atoms with E-state index in [-0.39, 0.29) is 22.3 Å². The number of halogens is 6. The molecular weight excluding hydrogens is 500 g/mol. The largest absolute Gasteiger partial charge is 0.416 e. The van der Waals surface area contributed by atoms with E-state index in [0.29, 0.717) is 16.8 Å². The molecule has 1 amide bonds. The molecule has 35 heavy (non-hydrogen) atoms. The van der Waals surface area contributed by atoms with Gasteiger partial charge in [0.2, 0.25) is 5.01 Å². The Morgan fingerprint density at radius 3 is 2.49 bits per heavy atom. The Balaban J connectivity index is 1.54. The lowest BCUT2D eigenvalue weighted by Gasteiger charge is -2.19. The van der Waals surface area contributed by atoms with Gasteiger partial charge in [0.15, 0.2) is 5.01 Å². The smallest absolute Gasteiger partial charge is 0.264 e. The molecule has 1 N–H and O–H groups in total. The summed E-state index contributed by atoms with van der Waals surface area (Å²) in [7, 11) is 0. The van der Waals surface area contributed by atoms with Crippen molar-refractivity contribution in [2.75, 3.05) is 5.43 Å². The van der Waals surface area contributed by atoms with E-state index in [4.69, 9.17) is 0 Å². The third-order valence-electron chi connectivity index (χ3n) is 4.82. The van der Waals surface area contributed by atoms with Gasteiger partial charge in [-0.2, -0.15) is 36.2 Å². The summed E-state index contributed by atoms with van der Waals surface area (Å²) in [5, 5.41) is 12.0. The molecule has 0 aliphatic carbocycles. The average molecular weight is 513 g/mol. The zero-order chi connectivity index (χ0) is 25.4. The second-order valence-corrected chi connectivity index (χ2v) is 8.13.